The number of aliphatic hydroxyl groups excluding tert-OH is 1. The summed E-state index contributed by atoms with van der Waals surface area (Å²) < 4.78 is 77.6. The standard InChI is InChI=1S/C7H15NO3/c1-8(2,3)5-6(9)4-7(10)11/h6,9H,4-5H2,1-3H3/p+1/t6-/m1/s1/i1D3,2D3,3D3,5D2. The molecule has 11 heavy (non-hydrogen) atoms. The second-order valence-electron chi connectivity index (χ2n) is 1.91. The fraction of sp³-hybridized carbons (Fsp3) is 0.857. The fourth-order valence-electron chi connectivity index (χ4n) is 0.435. The fourth-order valence-corrected chi connectivity index (χ4v) is 0.435. The number of hydrogen-bond donors (Lipinski definition) is 2. The van der Waals surface area contributed by atoms with Gasteiger partial charge in [0.1, 0.15) is 12.6 Å². The van der Waals surface area contributed by atoms with Crippen molar-refractivity contribution in [1.29, 1.82) is 0 Å². The zero-order valence-corrected chi connectivity index (χ0v) is 5.53. The van der Waals surface area contributed by atoms with E-state index in [0.29, 0.717) is 0 Å². The van der Waals surface area contributed by atoms with Crippen LogP contribution in [0.25, 0.3) is 0 Å². The number of aliphatic carboxylic acids is 1. The average molecular weight is 173 g/mol. The Morgan fingerprint density at radius 1 is 1.73 bits per heavy atom. The predicted octanol–water partition coefficient (Wildman–Crippen LogP) is -0.472. The van der Waals surface area contributed by atoms with Crippen LogP contribution in [-0.4, -0.2) is 54.2 Å². The molecule has 0 aromatic rings. The maximum Gasteiger partial charge on any atom is 0.306 e. The molecule has 0 amide bonds. The van der Waals surface area contributed by atoms with Crippen LogP contribution in [0.4, 0.5) is 0 Å². The minimum Gasteiger partial charge on any atom is -0.481 e. The van der Waals surface area contributed by atoms with Crippen LogP contribution in [0, 0.1) is 0 Å². The molecule has 0 aromatic carbocycles. The number of hydrogen-bond acceptors (Lipinski definition) is 2. The number of rotatable bonds is 4. The molecule has 0 heterocycles. The SMILES string of the molecule is [2H]C([2H])([2H])[N+](C([2H])([2H])[2H])(C([2H])([2H])[2H])C([2H])([2H])[C@H](O)CC(=O)O. The maximum atomic E-state index is 10.6. The van der Waals surface area contributed by atoms with Crippen molar-refractivity contribution >= 4 is 5.97 Å². The molecular formula is C7H16NO3+. The summed E-state index contributed by atoms with van der Waals surface area (Å²) in [5.41, 5.74) is 0. The largest absolute Gasteiger partial charge is 0.481 e. The van der Waals surface area contributed by atoms with Crippen LogP contribution < -0.4 is 0 Å². The van der Waals surface area contributed by atoms with Crippen LogP contribution in [0.1, 0.15) is 21.5 Å². The van der Waals surface area contributed by atoms with E-state index >= 15 is 0 Å². The molecule has 0 rings (SSSR count). The Labute approximate surface area is 82.1 Å². The second-order valence-corrected chi connectivity index (χ2v) is 1.91. The molecule has 0 bridgehead atoms. The van der Waals surface area contributed by atoms with Gasteiger partial charge in [-0.3, -0.25) is 4.79 Å². The van der Waals surface area contributed by atoms with Crippen molar-refractivity contribution in [2.45, 2.75) is 12.5 Å². The lowest BCUT2D eigenvalue weighted by atomic mass is 10.2. The first-order valence-corrected chi connectivity index (χ1v) is 2.63. The van der Waals surface area contributed by atoms with E-state index in [0.717, 1.165) is 0 Å². The molecule has 4 nitrogen and oxygen atoms in total. The number of nitrogens with zero attached hydrogens (tertiary/aromatic N) is 1. The van der Waals surface area contributed by atoms with Crippen LogP contribution in [0.3, 0.4) is 0 Å². The van der Waals surface area contributed by atoms with Crippen molar-refractivity contribution < 1.29 is 34.6 Å². The summed E-state index contributed by atoms with van der Waals surface area (Å²) in [5, 5.41) is 18.2. The van der Waals surface area contributed by atoms with Crippen LogP contribution in [0.15, 0.2) is 0 Å². The Kier molecular flexibility index (Phi) is 0.738. The molecule has 0 radical (unpaired) electrons. The Morgan fingerprint density at radius 3 is 2.64 bits per heavy atom. The number of carboxylic acid groups (broad SMARTS) is 1. The predicted molar refractivity (Wildman–Crippen MR) is 41.2 cm³/mol. The summed E-state index contributed by atoms with van der Waals surface area (Å²) >= 11 is 0. The molecule has 2 N–H and O–H groups in total. The molecule has 66 valence electrons. The Balaban J connectivity index is 6.61. The van der Waals surface area contributed by atoms with Gasteiger partial charge in [0.2, 0.25) is 0 Å². The van der Waals surface area contributed by atoms with Gasteiger partial charge in [-0.1, -0.05) is 0 Å². The molecule has 0 fully saturated rings. The Hall–Kier alpha value is -0.610. The normalized spacial score (nSPS) is 34.1. The number of carbonyl (C=O) groups is 1. The third-order valence-corrected chi connectivity index (χ3v) is 0.711. The first-order chi connectivity index (χ1) is 9.34. The van der Waals surface area contributed by atoms with E-state index in [1.165, 1.54) is 0 Å². The highest BCUT2D eigenvalue weighted by molar-refractivity contribution is 5.67. The number of carboxylic acids is 1. The second kappa shape index (κ2) is 3.69. The van der Waals surface area contributed by atoms with Crippen molar-refractivity contribution in [2.75, 3.05) is 27.4 Å². The summed E-state index contributed by atoms with van der Waals surface area (Å²) in [5.74, 6) is -1.75. The van der Waals surface area contributed by atoms with E-state index < -0.39 is 50.4 Å². The summed E-state index contributed by atoms with van der Waals surface area (Å²) in [6.45, 7) is -15.6. The minimum absolute atomic E-state index is 1.37. The summed E-state index contributed by atoms with van der Waals surface area (Å²) in [4.78, 5) is 10.6. The first kappa shape index (κ1) is 2.20. The number of likely N-dealkylation sites (N-methyl/N-ethyl adjacent to an activating group) is 1. The first-order valence-electron chi connectivity index (χ1n) is 8.13. The van der Waals surface area contributed by atoms with Crippen molar-refractivity contribution in [2.24, 2.45) is 0 Å². The van der Waals surface area contributed by atoms with Gasteiger partial charge >= 0.3 is 5.97 Å². The topological polar surface area (TPSA) is 57.5 Å². The molecule has 0 aliphatic carbocycles. The molecule has 0 saturated carbocycles. The van der Waals surface area contributed by atoms with Gasteiger partial charge < -0.3 is 14.7 Å². The van der Waals surface area contributed by atoms with E-state index in [-0.39, 0.29) is 0 Å². The van der Waals surface area contributed by atoms with E-state index in [4.69, 9.17) is 20.2 Å². The van der Waals surface area contributed by atoms with E-state index in [2.05, 4.69) is 0 Å². The van der Waals surface area contributed by atoms with Crippen LogP contribution >= 0.6 is 0 Å². The molecule has 0 saturated heterocycles. The average Bonchev–Trinajstić information content (AvgIpc) is 2.07. The summed E-state index contributed by atoms with van der Waals surface area (Å²) in [6.07, 6.45) is -4.04. The third kappa shape index (κ3) is 7.29. The van der Waals surface area contributed by atoms with E-state index in [1.807, 2.05) is 0 Å². The molecular weight excluding hydrogens is 146 g/mol. The van der Waals surface area contributed by atoms with Gasteiger partial charge in [-0.05, 0) is 0 Å². The van der Waals surface area contributed by atoms with Crippen molar-refractivity contribution in [1.82, 2.24) is 0 Å². The van der Waals surface area contributed by atoms with Crippen LogP contribution in [-0.2, 0) is 4.79 Å². The monoisotopic (exact) mass is 173 g/mol. The minimum atomic E-state index is -3.93. The summed E-state index contributed by atoms with van der Waals surface area (Å²) in [6, 6.07) is 0. The number of quaternary nitrogens is 1. The Bertz CT molecular complexity index is 387. The van der Waals surface area contributed by atoms with Crippen molar-refractivity contribution in [3.05, 3.63) is 0 Å². The molecule has 0 spiro atoms. The highest BCUT2D eigenvalue weighted by atomic mass is 16.4. The van der Waals surface area contributed by atoms with Gasteiger partial charge in [0.25, 0.3) is 0 Å². The van der Waals surface area contributed by atoms with E-state index in [9.17, 15) is 9.90 Å². The zero-order valence-electron chi connectivity index (χ0n) is 16.5. The van der Waals surface area contributed by atoms with Gasteiger partial charge in [0, 0.05) is 0 Å². The van der Waals surface area contributed by atoms with Gasteiger partial charge in [-0.15, -0.1) is 0 Å². The lowest BCUT2D eigenvalue weighted by Gasteiger charge is -2.25. The lowest BCUT2D eigenvalue weighted by molar-refractivity contribution is -0.873. The highest BCUT2D eigenvalue weighted by Gasteiger charge is 2.17. The van der Waals surface area contributed by atoms with Crippen molar-refractivity contribution in [3.8, 4) is 0 Å². The van der Waals surface area contributed by atoms with Gasteiger partial charge in [-0.25, -0.2) is 0 Å². The lowest BCUT2D eigenvalue weighted by Crippen LogP contribution is -2.42. The van der Waals surface area contributed by atoms with Gasteiger partial charge in [-0.2, -0.15) is 0 Å². The molecule has 0 unspecified atom stereocenters. The molecule has 0 aliphatic rings. The van der Waals surface area contributed by atoms with E-state index in [1.54, 1.807) is 0 Å². The molecule has 1 atom stereocenters. The molecule has 0 aromatic heterocycles. The molecule has 4 heteroatoms. The zero-order chi connectivity index (χ0) is 18.4. The quantitative estimate of drug-likeness (QED) is 0.565. The van der Waals surface area contributed by atoms with Crippen LogP contribution in [0.5, 0.6) is 0 Å². The third-order valence-electron chi connectivity index (χ3n) is 0.711. The van der Waals surface area contributed by atoms with Gasteiger partial charge in [0.15, 0.2) is 0 Å². The number of aliphatic hydroxyl groups is 1. The smallest absolute Gasteiger partial charge is 0.306 e. The highest BCUT2D eigenvalue weighted by Crippen LogP contribution is 1.98. The van der Waals surface area contributed by atoms with Gasteiger partial charge in [0.05, 0.1) is 42.4 Å². The Morgan fingerprint density at radius 2 is 2.27 bits per heavy atom. The van der Waals surface area contributed by atoms with Crippen molar-refractivity contribution in [3.63, 3.8) is 0 Å². The summed E-state index contributed by atoms with van der Waals surface area (Å²) in [7, 11) is 0. The molecule has 0 aliphatic heterocycles. The van der Waals surface area contributed by atoms with Crippen LogP contribution in [0.2, 0.25) is 0 Å². The maximum absolute atomic E-state index is 10.6.